The van der Waals surface area contributed by atoms with Gasteiger partial charge in [0.2, 0.25) is 0 Å². The van der Waals surface area contributed by atoms with Crippen LogP contribution in [0.2, 0.25) is 0 Å². The fourth-order valence-corrected chi connectivity index (χ4v) is 1.70. The standard InChI is InChI=1S/C14H13N3O3/c15-9-11-10-17(14(19)16-13(11)18)7-4-8-20-12-5-2-1-3-6-12/h1-3,5-6,10H,4,7-8H2,(H,16,18,19). The highest BCUT2D eigenvalue weighted by Gasteiger charge is 2.03. The zero-order valence-electron chi connectivity index (χ0n) is 10.7. The lowest BCUT2D eigenvalue weighted by molar-refractivity contribution is 0.300. The van der Waals surface area contributed by atoms with Crippen LogP contribution in [0.3, 0.4) is 0 Å². The quantitative estimate of drug-likeness (QED) is 0.817. The van der Waals surface area contributed by atoms with Gasteiger partial charge in [-0.2, -0.15) is 5.26 Å². The third kappa shape index (κ3) is 3.36. The summed E-state index contributed by atoms with van der Waals surface area (Å²) in [6.45, 7) is 0.814. The van der Waals surface area contributed by atoms with E-state index in [1.165, 1.54) is 10.8 Å². The molecule has 0 saturated carbocycles. The Morgan fingerprint density at radius 2 is 2.00 bits per heavy atom. The molecule has 102 valence electrons. The molecule has 0 unspecified atom stereocenters. The molecule has 0 atom stereocenters. The van der Waals surface area contributed by atoms with E-state index in [4.69, 9.17) is 10.00 Å². The van der Waals surface area contributed by atoms with Gasteiger partial charge in [0.25, 0.3) is 5.56 Å². The number of nitrogens with one attached hydrogen (secondary N) is 1. The van der Waals surface area contributed by atoms with Crippen molar-refractivity contribution in [2.75, 3.05) is 6.61 Å². The van der Waals surface area contributed by atoms with Gasteiger partial charge in [0.1, 0.15) is 17.4 Å². The van der Waals surface area contributed by atoms with Gasteiger partial charge in [-0.05, 0) is 18.6 Å². The number of H-pyrrole nitrogens is 1. The van der Waals surface area contributed by atoms with E-state index in [0.29, 0.717) is 19.6 Å². The monoisotopic (exact) mass is 271 g/mol. The first-order chi connectivity index (χ1) is 9.70. The van der Waals surface area contributed by atoms with Gasteiger partial charge in [-0.1, -0.05) is 18.2 Å². The summed E-state index contributed by atoms with van der Waals surface area (Å²) in [6.07, 6.45) is 1.86. The van der Waals surface area contributed by atoms with Gasteiger partial charge in [0.15, 0.2) is 0 Å². The van der Waals surface area contributed by atoms with Crippen molar-refractivity contribution in [1.82, 2.24) is 9.55 Å². The van der Waals surface area contributed by atoms with Crippen LogP contribution >= 0.6 is 0 Å². The minimum Gasteiger partial charge on any atom is -0.494 e. The summed E-state index contributed by atoms with van der Waals surface area (Å²) in [7, 11) is 0. The Morgan fingerprint density at radius 3 is 2.70 bits per heavy atom. The molecule has 6 nitrogen and oxygen atoms in total. The first-order valence-corrected chi connectivity index (χ1v) is 6.12. The number of nitrogens with zero attached hydrogens (tertiary/aromatic N) is 2. The number of aryl methyl sites for hydroxylation is 1. The van der Waals surface area contributed by atoms with Crippen molar-refractivity contribution in [3.8, 4) is 11.8 Å². The first kappa shape index (κ1) is 13.6. The van der Waals surface area contributed by atoms with Crippen LogP contribution in [-0.4, -0.2) is 16.2 Å². The summed E-state index contributed by atoms with van der Waals surface area (Å²) in [5, 5.41) is 8.74. The second-order valence-corrected chi connectivity index (χ2v) is 4.12. The van der Waals surface area contributed by atoms with Gasteiger partial charge >= 0.3 is 5.69 Å². The highest BCUT2D eigenvalue weighted by Crippen LogP contribution is 2.08. The second kappa shape index (κ2) is 6.38. The summed E-state index contributed by atoms with van der Waals surface area (Å²) in [4.78, 5) is 24.9. The number of hydrogen-bond acceptors (Lipinski definition) is 4. The lowest BCUT2D eigenvalue weighted by Gasteiger charge is -2.07. The largest absolute Gasteiger partial charge is 0.494 e. The van der Waals surface area contributed by atoms with Crippen LogP contribution < -0.4 is 16.0 Å². The van der Waals surface area contributed by atoms with E-state index in [0.717, 1.165) is 5.75 Å². The van der Waals surface area contributed by atoms with Crippen LogP contribution in [0.1, 0.15) is 12.0 Å². The number of nitriles is 1. The molecule has 0 fully saturated rings. The number of para-hydroxylation sites is 1. The van der Waals surface area contributed by atoms with Crippen LogP contribution in [0.25, 0.3) is 0 Å². The number of benzene rings is 1. The number of hydrogen-bond donors (Lipinski definition) is 1. The average molecular weight is 271 g/mol. The minimum atomic E-state index is -0.658. The van der Waals surface area contributed by atoms with Crippen LogP contribution in [0.15, 0.2) is 46.1 Å². The lowest BCUT2D eigenvalue weighted by atomic mass is 10.3. The highest BCUT2D eigenvalue weighted by atomic mass is 16.5. The summed E-state index contributed by atoms with van der Waals surface area (Å²) < 4.78 is 6.80. The topological polar surface area (TPSA) is 87.9 Å². The van der Waals surface area contributed by atoms with Gasteiger partial charge in [-0.15, -0.1) is 0 Å². The maximum Gasteiger partial charge on any atom is 0.328 e. The number of rotatable bonds is 5. The number of aromatic amines is 1. The van der Waals surface area contributed by atoms with E-state index in [1.807, 2.05) is 30.3 Å². The number of ether oxygens (including phenoxy) is 1. The molecule has 0 bridgehead atoms. The van der Waals surface area contributed by atoms with Crippen LogP contribution in [0.4, 0.5) is 0 Å². The Kier molecular flexibility index (Phi) is 4.35. The molecular formula is C14H13N3O3. The molecule has 2 rings (SSSR count). The Hall–Kier alpha value is -2.81. The predicted molar refractivity (Wildman–Crippen MR) is 72.6 cm³/mol. The van der Waals surface area contributed by atoms with Crippen LogP contribution in [-0.2, 0) is 6.54 Å². The van der Waals surface area contributed by atoms with E-state index < -0.39 is 11.2 Å². The Labute approximate surface area is 114 Å². The van der Waals surface area contributed by atoms with Crippen LogP contribution in [0, 0.1) is 11.3 Å². The lowest BCUT2D eigenvalue weighted by Crippen LogP contribution is -2.31. The molecular weight excluding hydrogens is 258 g/mol. The second-order valence-electron chi connectivity index (χ2n) is 4.12. The zero-order chi connectivity index (χ0) is 14.4. The fourth-order valence-electron chi connectivity index (χ4n) is 1.70. The van der Waals surface area contributed by atoms with Crippen molar-refractivity contribution >= 4 is 0 Å². The molecule has 1 aromatic heterocycles. The number of aromatic nitrogens is 2. The molecule has 6 heteroatoms. The maximum atomic E-state index is 11.5. The molecule has 20 heavy (non-hydrogen) atoms. The van der Waals surface area contributed by atoms with E-state index in [9.17, 15) is 9.59 Å². The molecule has 0 spiro atoms. The Balaban J connectivity index is 1.93. The highest BCUT2D eigenvalue weighted by molar-refractivity contribution is 5.22. The van der Waals surface area contributed by atoms with Gasteiger partial charge in [-0.3, -0.25) is 14.3 Å². The van der Waals surface area contributed by atoms with Gasteiger partial charge in [-0.25, -0.2) is 4.79 Å². The van der Waals surface area contributed by atoms with Crippen LogP contribution in [0.5, 0.6) is 5.75 Å². The first-order valence-electron chi connectivity index (χ1n) is 6.12. The summed E-state index contributed by atoms with van der Waals surface area (Å²) in [6, 6.07) is 11.1. The SMILES string of the molecule is N#Cc1cn(CCCOc2ccccc2)c(=O)[nH]c1=O. The van der Waals surface area contributed by atoms with E-state index in [1.54, 1.807) is 6.07 Å². The zero-order valence-corrected chi connectivity index (χ0v) is 10.7. The smallest absolute Gasteiger partial charge is 0.328 e. The molecule has 1 N–H and O–H groups in total. The summed E-state index contributed by atoms with van der Waals surface area (Å²) >= 11 is 0. The van der Waals surface area contributed by atoms with E-state index in [-0.39, 0.29) is 5.56 Å². The van der Waals surface area contributed by atoms with Gasteiger partial charge in [0, 0.05) is 12.7 Å². The van der Waals surface area contributed by atoms with Crippen molar-refractivity contribution < 1.29 is 4.74 Å². The summed E-state index contributed by atoms with van der Waals surface area (Å²) in [5.41, 5.74) is -1.25. The molecule has 2 aromatic rings. The molecule has 0 radical (unpaired) electrons. The Morgan fingerprint density at radius 1 is 1.25 bits per heavy atom. The Bertz CT molecular complexity index is 726. The molecule has 0 aliphatic rings. The molecule has 1 heterocycles. The average Bonchev–Trinajstić information content (AvgIpc) is 2.46. The normalized spacial score (nSPS) is 9.95. The predicted octanol–water partition coefficient (Wildman–Crippen LogP) is 0.877. The fraction of sp³-hybridized carbons (Fsp3) is 0.214. The third-order valence-electron chi connectivity index (χ3n) is 2.69. The molecule has 0 saturated heterocycles. The van der Waals surface area contributed by atoms with E-state index in [2.05, 4.69) is 4.98 Å². The molecule has 1 aromatic carbocycles. The summed E-state index contributed by atoms with van der Waals surface area (Å²) in [5.74, 6) is 0.763. The van der Waals surface area contributed by atoms with Crippen molar-refractivity contribution in [3.63, 3.8) is 0 Å². The third-order valence-corrected chi connectivity index (χ3v) is 2.69. The maximum absolute atomic E-state index is 11.5. The van der Waals surface area contributed by atoms with E-state index >= 15 is 0 Å². The van der Waals surface area contributed by atoms with Crippen molar-refractivity contribution in [2.45, 2.75) is 13.0 Å². The van der Waals surface area contributed by atoms with Gasteiger partial charge in [0.05, 0.1) is 6.61 Å². The van der Waals surface area contributed by atoms with Crippen molar-refractivity contribution in [2.24, 2.45) is 0 Å². The van der Waals surface area contributed by atoms with Crippen molar-refractivity contribution in [1.29, 1.82) is 5.26 Å². The van der Waals surface area contributed by atoms with Gasteiger partial charge < -0.3 is 4.74 Å². The molecule has 0 aliphatic heterocycles. The minimum absolute atomic E-state index is 0.0754. The van der Waals surface area contributed by atoms with Crippen molar-refractivity contribution in [3.05, 3.63) is 62.9 Å². The molecule has 0 amide bonds. The molecule has 0 aliphatic carbocycles.